The van der Waals surface area contributed by atoms with Crippen LogP contribution >= 0.6 is 31.9 Å². The molecule has 5 heteroatoms. The summed E-state index contributed by atoms with van der Waals surface area (Å²) in [4.78, 5) is 15.9. The minimum absolute atomic E-state index is 0.00400. The Morgan fingerprint density at radius 1 is 0.938 bits per heavy atom. The van der Waals surface area contributed by atoms with Crippen LogP contribution in [-0.2, 0) is 12.0 Å². The molecule has 1 heterocycles. The van der Waals surface area contributed by atoms with Gasteiger partial charge in [0.15, 0.2) is 5.78 Å². The third-order valence-electron chi connectivity index (χ3n) is 6.40. The molecule has 4 rings (SSSR count). The van der Waals surface area contributed by atoms with E-state index in [1.54, 1.807) is 0 Å². The Morgan fingerprint density at radius 3 is 2.22 bits per heavy atom. The van der Waals surface area contributed by atoms with Crippen molar-refractivity contribution in [2.75, 3.05) is 19.6 Å². The van der Waals surface area contributed by atoms with Gasteiger partial charge in [0.05, 0.1) is 5.92 Å². The van der Waals surface area contributed by atoms with E-state index in [-0.39, 0.29) is 5.78 Å². The van der Waals surface area contributed by atoms with Crippen molar-refractivity contribution in [1.29, 1.82) is 0 Å². The monoisotopic (exact) mass is 555 g/mol. The van der Waals surface area contributed by atoms with Gasteiger partial charge in [-0.2, -0.15) is 0 Å². The third kappa shape index (κ3) is 5.40. The summed E-state index contributed by atoms with van der Waals surface area (Å²) in [7, 11) is 0. The first-order valence-corrected chi connectivity index (χ1v) is 12.6. The van der Waals surface area contributed by atoms with Crippen molar-refractivity contribution in [3.8, 4) is 0 Å². The number of likely N-dealkylation sites (tertiary alicyclic amines) is 1. The lowest BCUT2D eigenvalue weighted by molar-refractivity contribution is -0.0642. The topological polar surface area (TPSA) is 40.5 Å². The van der Waals surface area contributed by atoms with Gasteiger partial charge in [-0.15, -0.1) is 0 Å². The number of aliphatic hydroxyl groups is 1. The largest absolute Gasteiger partial charge is 0.384 e. The number of carbonyl (C=O) groups is 1. The number of aryl methyl sites for hydroxylation is 1. The minimum atomic E-state index is -1.18. The molecule has 3 aromatic carbocycles. The van der Waals surface area contributed by atoms with Gasteiger partial charge < -0.3 is 10.0 Å². The molecule has 0 aromatic heterocycles. The molecule has 166 valence electrons. The number of hydrogen-bond donors (Lipinski definition) is 1. The molecule has 0 bridgehead atoms. The molecule has 1 aliphatic rings. The molecule has 2 atom stereocenters. The highest BCUT2D eigenvalue weighted by Crippen LogP contribution is 2.40. The highest BCUT2D eigenvalue weighted by atomic mass is 79.9. The summed E-state index contributed by atoms with van der Waals surface area (Å²) >= 11 is 6.91. The lowest BCUT2D eigenvalue weighted by Gasteiger charge is -2.44. The van der Waals surface area contributed by atoms with Crippen LogP contribution in [0.25, 0.3) is 0 Å². The summed E-state index contributed by atoms with van der Waals surface area (Å²) < 4.78 is 1.89. The van der Waals surface area contributed by atoms with E-state index in [0.717, 1.165) is 40.4 Å². The van der Waals surface area contributed by atoms with Crippen LogP contribution in [0.2, 0.25) is 0 Å². The summed E-state index contributed by atoms with van der Waals surface area (Å²) in [5.74, 6) is -0.522. The average molecular weight is 557 g/mol. The number of piperidine rings is 1. The van der Waals surface area contributed by atoms with Crippen LogP contribution in [0.3, 0.4) is 0 Å². The van der Waals surface area contributed by atoms with Crippen molar-refractivity contribution in [2.24, 2.45) is 5.92 Å². The summed E-state index contributed by atoms with van der Waals surface area (Å²) in [6.45, 7) is 2.23. The Labute approximate surface area is 206 Å². The predicted molar refractivity (Wildman–Crippen MR) is 136 cm³/mol. The zero-order chi connectivity index (χ0) is 22.6. The molecule has 1 N–H and O–H groups in total. The van der Waals surface area contributed by atoms with Crippen LogP contribution in [0.4, 0.5) is 0 Å². The van der Waals surface area contributed by atoms with Crippen molar-refractivity contribution >= 4 is 37.6 Å². The molecule has 1 saturated heterocycles. The minimum Gasteiger partial charge on any atom is -0.384 e. The van der Waals surface area contributed by atoms with E-state index < -0.39 is 11.5 Å². The Morgan fingerprint density at radius 2 is 1.56 bits per heavy atom. The van der Waals surface area contributed by atoms with Crippen molar-refractivity contribution < 1.29 is 9.90 Å². The average Bonchev–Trinajstić information content (AvgIpc) is 2.81. The second-order valence-corrected chi connectivity index (χ2v) is 10.3. The highest BCUT2D eigenvalue weighted by Gasteiger charge is 2.46. The van der Waals surface area contributed by atoms with Gasteiger partial charge in [-0.05, 0) is 61.2 Å². The number of benzene rings is 3. The van der Waals surface area contributed by atoms with Crippen molar-refractivity contribution in [1.82, 2.24) is 4.90 Å². The molecule has 0 saturated carbocycles. The Balaban J connectivity index is 1.54. The van der Waals surface area contributed by atoms with Crippen molar-refractivity contribution in [2.45, 2.75) is 24.9 Å². The number of halogens is 2. The maximum Gasteiger partial charge on any atom is 0.170 e. The molecular formula is C27H27Br2NO2. The van der Waals surface area contributed by atoms with E-state index in [4.69, 9.17) is 0 Å². The predicted octanol–water partition coefficient (Wildman–Crippen LogP) is 6.24. The molecule has 3 nitrogen and oxygen atoms in total. The zero-order valence-electron chi connectivity index (χ0n) is 17.9. The van der Waals surface area contributed by atoms with Crippen LogP contribution in [0.1, 0.15) is 34.3 Å². The summed E-state index contributed by atoms with van der Waals surface area (Å²) in [5, 5.41) is 11.8. The molecule has 0 amide bonds. The molecule has 0 spiro atoms. The van der Waals surface area contributed by atoms with Crippen LogP contribution < -0.4 is 0 Å². The smallest absolute Gasteiger partial charge is 0.170 e. The molecule has 32 heavy (non-hydrogen) atoms. The van der Waals surface area contributed by atoms with E-state index >= 15 is 0 Å². The standard InChI is InChI=1S/C27H27Br2NO2/c28-23-12-8-21(9-13-23)26(31)25-19-30(17-4-7-20-5-2-1-3-6-20)18-16-27(25,32)22-10-14-24(29)15-11-22/h1-3,5-6,8-15,25,32H,4,7,16-19H2. The molecular weight excluding hydrogens is 530 g/mol. The Hall–Kier alpha value is -1.79. The van der Waals surface area contributed by atoms with E-state index in [0.29, 0.717) is 18.5 Å². The number of ketones is 1. The first kappa shape index (κ1) is 23.4. The van der Waals surface area contributed by atoms with Gasteiger partial charge in [-0.1, -0.05) is 86.5 Å². The van der Waals surface area contributed by atoms with Crippen LogP contribution in [0, 0.1) is 5.92 Å². The third-order valence-corrected chi connectivity index (χ3v) is 7.46. The normalized spacial score (nSPS) is 21.4. The summed E-state index contributed by atoms with van der Waals surface area (Å²) in [5.41, 5.74) is 1.60. The zero-order valence-corrected chi connectivity index (χ0v) is 21.1. The summed E-state index contributed by atoms with van der Waals surface area (Å²) in [6.07, 6.45) is 2.58. The maximum atomic E-state index is 13.6. The first-order valence-electron chi connectivity index (χ1n) is 11.0. The van der Waals surface area contributed by atoms with E-state index in [9.17, 15) is 9.90 Å². The van der Waals surface area contributed by atoms with Crippen molar-refractivity contribution in [3.05, 3.63) is 104 Å². The van der Waals surface area contributed by atoms with Gasteiger partial charge in [-0.25, -0.2) is 0 Å². The van der Waals surface area contributed by atoms with Gasteiger partial charge in [0.2, 0.25) is 0 Å². The molecule has 3 aromatic rings. The number of Topliss-reactive ketones (excluding diaryl/α,β-unsaturated/α-hetero) is 1. The molecule has 0 radical (unpaired) electrons. The van der Waals surface area contributed by atoms with E-state index in [1.165, 1.54) is 5.56 Å². The Kier molecular flexibility index (Phi) is 7.62. The van der Waals surface area contributed by atoms with Crippen LogP contribution in [0.5, 0.6) is 0 Å². The molecule has 0 aliphatic carbocycles. The summed E-state index contributed by atoms with van der Waals surface area (Å²) in [6, 6.07) is 25.6. The van der Waals surface area contributed by atoms with Crippen LogP contribution in [0.15, 0.2) is 87.8 Å². The fourth-order valence-corrected chi connectivity index (χ4v) is 5.09. The van der Waals surface area contributed by atoms with E-state index in [1.807, 2.05) is 54.6 Å². The maximum absolute atomic E-state index is 13.6. The quantitative estimate of drug-likeness (QED) is 0.350. The number of rotatable bonds is 7. The molecule has 1 fully saturated rings. The number of carbonyl (C=O) groups excluding carboxylic acids is 1. The van der Waals surface area contributed by atoms with Gasteiger partial charge in [0, 0.05) is 27.6 Å². The van der Waals surface area contributed by atoms with Gasteiger partial charge in [-0.3, -0.25) is 4.79 Å². The van der Waals surface area contributed by atoms with E-state index in [2.05, 4.69) is 61.0 Å². The highest BCUT2D eigenvalue weighted by molar-refractivity contribution is 9.10. The van der Waals surface area contributed by atoms with Gasteiger partial charge in [0.1, 0.15) is 5.60 Å². The van der Waals surface area contributed by atoms with Gasteiger partial charge in [0.25, 0.3) is 0 Å². The second-order valence-electron chi connectivity index (χ2n) is 8.49. The lowest BCUT2D eigenvalue weighted by Crippen LogP contribution is -2.53. The molecule has 1 aliphatic heterocycles. The van der Waals surface area contributed by atoms with Gasteiger partial charge >= 0.3 is 0 Å². The fourth-order valence-electron chi connectivity index (χ4n) is 4.56. The number of nitrogens with zero attached hydrogens (tertiary/aromatic N) is 1. The first-order chi connectivity index (χ1) is 15.5. The number of hydrogen-bond acceptors (Lipinski definition) is 3. The van der Waals surface area contributed by atoms with Crippen molar-refractivity contribution in [3.63, 3.8) is 0 Å². The second kappa shape index (κ2) is 10.4. The SMILES string of the molecule is O=C(c1ccc(Br)cc1)C1CN(CCCc2ccccc2)CCC1(O)c1ccc(Br)cc1. The van der Waals surface area contributed by atoms with Crippen LogP contribution in [-0.4, -0.2) is 35.4 Å². The Bertz CT molecular complexity index is 1040. The fraction of sp³-hybridized carbons (Fsp3) is 0.296. The lowest BCUT2D eigenvalue weighted by atomic mass is 9.72. The molecule has 2 unspecified atom stereocenters.